The summed E-state index contributed by atoms with van der Waals surface area (Å²) in [5.41, 5.74) is 4.06. The second-order valence-corrected chi connectivity index (χ2v) is 14.1. The average molecular weight is 644 g/mol. The SMILES string of the molecule is CSc1ccc(S(=O)(=O)N(CC(=O)N(Cc2ccccc2C)[C@H](Cc2ccccc2)C(=O)NC(C)C)c2ccc(C)cc2)cc1. The van der Waals surface area contributed by atoms with E-state index in [0.717, 1.165) is 31.5 Å². The van der Waals surface area contributed by atoms with E-state index in [1.807, 2.05) is 101 Å². The van der Waals surface area contributed by atoms with Gasteiger partial charge in [-0.2, -0.15) is 0 Å². The molecule has 0 radical (unpaired) electrons. The fourth-order valence-electron chi connectivity index (χ4n) is 5.02. The Morgan fingerprint density at radius 1 is 0.822 bits per heavy atom. The number of carbonyl (C=O) groups is 2. The summed E-state index contributed by atoms with van der Waals surface area (Å²) >= 11 is 1.51. The molecule has 1 N–H and O–H groups in total. The molecule has 236 valence electrons. The number of hydrogen-bond acceptors (Lipinski definition) is 5. The minimum Gasteiger partial charge on any atom is -0.352 e. The zero-order chi connectivity index (χ0) is 32.6. The summed E-state index contributed by atoms with van der Waals surface area (Å²) in [7, 11) is -4.15. The highest BCUT2D eigenvalue weighted by molar-refractivity contribution is 7.98. The standard InChI is InChI=1S/C36H41N3O4S2/c1-26(2)37-36(41)34(23-29-12-7-6-8-13-29)38(24-30-14-10-9-11-28(30)4)35(40)25-39(31-17-15-27(3)16-18-31)45(42,43)33-21-19-32(44-5)20-22-33/h6-22,26,34H,23-25H2,1-5H3,(H,37,41)/t34-/m1/s1. The van der Waals surface area contributed by atoms with Crippen molar-refractivity contribution in [3.63, 3.8) is 0 Å². The van der Waals surface area contributed by atoms with Gasteiger partial charge in [-0.3, -0.25) is 13.9 Å². The van der Waals surface area contributed by atoms with Crippen molar-refractivity contribution in [1.82, 2.24) is 10.2 Å². The molecule has 0 aliphatic heterocycles. The Morgan fingerprint density at radius 3 is 2.04 bits per heavy atom. The minimum absolute atomic E-state index is 0.0810. The first kappa shape index (κ1) is 33.8. The molecule has 0 aromatic heterocycles. The summed E-state index contributed by atoms with van der Waals surface area (Å²) in [6.45, 7) is 7.28. The molecule has 9 heteroatoms. The van der Waals surface area contributed by atoms with Gasteiger partial charge in [-0.1, -0.05) is 72.3 Å². The van der Waals surface area contributed by atoms with E-state index in [9.17, 15) is 18.0 Å². The number of nitrogens with one attached hydrogen (secondary N) is 1. The largest absolute Gasteiger partial charge is 0.352 e. The van der Waals surface area contributed by atoms with Gasteiger partial charge in [-0.05, 0) is 87.0 Å². The van der Waals surface area contributed by atoms with Crippen LogP contribution >= 0.6 is 11.8 Å². The van der Waals surface area contributed by atoms with E-state index in [4.69, 9.17) is 0 Å². The summed E-state index contributed by atoms with van der Waals surface area (Å²) in [6.07, 6.45) is 2.19. The summed E-state index contributed by atoms with van der Waals surface area (Å²) in [5.74, 6) is -0.781. The molecular formula is C36H41N3O4S2. The topological polar surface area (TPSA) is 86.8 Å². The van der Waals surface area contributed by atoms with Crippen molar-refractivity contribution >= 4 is 39.3 Å². The van der Waals surface area contributed by atoms with Crippen LogP contribution in [-0.4, -0.2) is 50.0 Å². The number of nitrogens with zero attached hydrogens (tertiary/aromatic N) is 2. The van der Waals surface area contributed by atoms with Gasteiger partial charge >= 0.3 is 0 Å². The van der Waals surface area contributed by atoms with Crippen LogP contribution in [0.2, 0.25) is 0 Å². The first-order valence-electron chi connectivity index (χ1n) is 14.9. The lowest BCUT2D eigenvalue weighted by molar-refractivity contribution is -0.140. The molecule has 45 heavy (non-hydrogen) atoms. The third-order valence-corrected chi connectivity index (χ3v) is 10.1. The van der Waals surface area contributed by atoms with E-state index < -0.39 is 28.5 Å². The van der Waals surface area contributed by atoms with E-state index in [1.54, 1.807) is 36.4 Å². The quantitative estimate of drug-likeness (QED) is 0.171. The first-order chi connectivity index (χ1) is 21.5. The Balaban J connectivity index is 1.81. The van der Waals surface area contributed by atoms with Gasteiger partial charge in [-0.25, -0.2) is 8.42 Å². The van der Waals surface area contributed by atoms with Crippen LogP contribution in [0.25, 0.3) is 0 Å². The monoisotopic (exact) mass is 643 g/mol. The van der Waals surface area contributed by atoms with E-state index in [2.05, 4.69) is 5.32 Å². The number of thioether (sulfide) groups is 1. The Kier molecular flexibility index (Phi) is 11.5. The maximum Gasteiger partial charge on any atom is 0.264 e. The van der Waals surface area contributed by atoms with Gasteiger partial charge in [0.05, 0.1) is 10.6 Å². The van der Waals surface area contributed by atoms with Crippen LogP contribution in [0.15, 0.2) is 113 Å². The molecule has 0 fully saturated rings. The molecule has 0 aliphatic rings. The molecule has 0 saturated carbocycles. The maximum atomic E-state index is 14.5. The number of hydrogen-bond donors (Lipinski definition) is 1. The summed E-state index contributed by atoms with van der Waals surface area (Å²) in [4.78, 5) is 30.9. The molecule has 0 heterocycles. The highest BCUT2D eigenvalue weighted by atomic mass is 32.2. The van der Waals surface area contributed by atoms with Crippen LogP contribution in [0.1, 0.15) is 36.1 Å². The molecule has 4 aromatic rings. The summed E-state index contributed by atoms with van der Waals surface area (Å²) in [6, 6.07) is 29.9. The van der Waals surface area contributed by atoms with E-state index in [1.165, 1.54) is 16.7 Å². The first-order valence-corrected chi connectivity index (χ1v) is 17.6. The molecule has 0 bridgehead atoms. The van der Waals surface area contributed by atoms with Gasteiger partial charge in [-0.15, -0.1) is 11.8 Å². The van der Waals surface area contributed by atoms with E-state index >= 15 is 0 Å². The molecule has 1 atom stereocenters. The minimum atomic E-state index is -4.15. The van der Waals surface area contributed by atoms with Crippen LogP contribution in [0.5, 0.6) is 0 Å². The van der Waals surface area contributed by atoms with Crippen LogP contribution in [-0.2, 0) is 32.6 Å². The number of carbonyl (C=O) groups excluding carboxylic acids is 2. The van der Waals surface area contributed by atoms with Gasteiger partial charge in [0.15, 0.2) is 0 Å². The number of sulfonamides is 1. The number of rotatable bonds is 13. The number of amides is 2. The Bertz CT molecular complexity index is 1690. The fourth-order valence-corrected chi connectivity index (χ4v) is 6.84. The number of aryl methyl sites for hydroxylation is 2. The normalized spacial score (nSPS) is 12.0. The predicted octanol–water partition coefficient (Wildman–Crippen LogP) is 6.39. The molecule has 4 aromatic carbocycles. The molecular weight excluding hydrogens is 603 g/mol. The Labute approximate surface area is 271 Å². The molecule has 0 aliphatic carbocycles. The van der Waals surface area contributed by atoms with Crippen molar-refractivity contribution in [3.05, 3.63) is 125 Å². The zero-order valence-electron chi connectivity index (χ0n) is 26.4. The molecule has 2 amide bonds. The molecule has 0 saturated heterocycles. The third-order valence-electron chi connectivity index (χ3n) is 7.55. The van der Waals surface area contributed by atoms with Crippen molar-refractivity contribution in [2.45, 2.75) is 62.5 Å². The van der Waals surface area contributed by atoms with Crippen LogP contribution in [0.3, 0.4) is 0 Å². The van der Waals surface area contributed by atoms with Crippen molar-refractivity contribution in [2.24, 2.45) is 0 Å². The van der Waals surface area contributed by atoms with E-state index in [0.29, 0.717) is 5.69 Å². The second kappa shape index (κ2) is 15.3. The zero-order valence-corrected chi connectivity index (χ0v) is 28.1. The maximum absolute atomic E-state index is 14.5. The third kappa shape index (κ3) is 8.77. The van der Waals surface area contributed by atoms with Crippen molar-refractivity contribution < 1.29 is 18.0 Å². The lowest BCUT2D eigenvalue weighted by Gasteiger charge is -2.34. The lowest BCUT2D eigenvalue weighted by atomic mass is 10.0. The Morgan fingerprint density at radius 2 is 1.44 bits per heavy atom. The second-order valence-electron chi connectivity index (χ2n) is 11.3. The fraction of sp³-hybridized carbons (Fsp3) is 0.278. The lowest BCUT2D eigenvalue weighted by Crippen LogP contribution is -2.54. The van der Waals surface area contributed by atoms with Crippen molar-refractivity contribution in [3.8, 4) is 0 Å². The van der Waals surface area contributed by atoms with Gasteiger partial charge in [0.1, 0.15) is 12.6 Å². The molecule has 7 nitrogen and oxygen atoms in total. The van der Waals surface area contributed by atoms with Crippen molar-refractivity contribution in [1.29, 1.82) is 0 Å². The smallest absolute Gasteiger partial charge is 0.264 e. The summed E-state index contributed by atoms with van der Waals surface area (Å²) in [5, 5.41) is 2.99. The predicted molar refractivity (Wildman–Crippen MR) is 183 cm³/mol. The van der Waals surface area contributed by atoms with Crippen molar-refractivity contribution in [2.75, 3.05) is 17.1 Å². The molecule has 0 unspecified atom stereocenters. The highest BCUT2D eigenvalue weighted by Gasteiger charge is 2.35. The van der Waals surface area contributed by atoms with Crippen LogP contribution in [0.4, 0.5) is 5.69 Å². The number of anilines is 1. The highest BCUT2D eigenvalue weighted by Crippen LogP contribution is 2.27. The van der Waals surface area contributed by atoms with Gasteiger partial charge in [0.25, 0.3) is 10.0 Å². The van der Waals surface area contributed by atoms with Crippen LogP contribution < -0.4 is 9.62 Å². The van der Waals surface area contributed by atoms with Gasteiger partial charge in [0, 0.05) is 23.9 Å². The van der Waals surface area contributed by atoms with Gasteiger partial charge in [0.2, 0.25) is 11.8 Å². The van der Waals surface area contributed by atoms with Gasteiger partial charge < -0.3 is 10.2 Å². The number of benzene rings is 4. The molecule has 4 rings (SSSR count). The van der Waals surface area contributed by atoms with Crippen LogP contribution in [0, 0.1) is 13.8 Å². The summed E-state index contributed by atoms with van der Waals surface area (Å²) < 4.78 is 29.5. The van der Waals surface area contributed by atoms with E-state index in [-0.39, 0.29) is 29.8 Å². The Hall–Kier alpha value is -4.08. The average Bonchev–Trinajstić information content (AvgIpc) is 3.03. The molecule has 0 spiro atoms.